The number of carbonyl (C=O) groups excluding carboxylic acids is 1. The van der Waals surface area contributed by atoms with Crippen LogP contribution in [-0.4, -0.2) is 28.3 Å². The lowest BCUT2D eigenvalue weighted by atomic mass is 9.98. The van der Waals surface area contributed by atoms with Crippen molar-refractivity contribution in [3.05, 3.63) is 52.8 Å². The zero-order chi connectivity index (χ0) is 17.8. The van der Waals surface area contributed by atoms with Gasteiger partial charge in [-0.2, -0.15) is 5.10 Å². The Morgan fingerprint density at radius 3 is 2.76 bits per heavy atom. The summed E-state index contributed by atoms with van der Waals surface area (Å²) in [5, 5.41) is 10.4. The molecule has 1 aromatic carbocycles. The number of rotatable bonds is 6. The molecule has 1 saturated carbocycles. The van der Waals surface area contributed by atoms with Crippen molar-refractivity contribution >= 4 is 5.91 Å². The minimum Gasteiger partial charge on any atom is -0.371 e. The van der Waals surface area contributed by atoms with E-state index in [-0.39, 0.29) is 24.0 Å². The van der Waals surface area contributed by atoms with Crippen LogP contribution in [0.5, 0.6) is 0 Å². The van der Waals surface area contributed by atoms with Crippen LogP contribution in [-0.2, 0) is 16.1 Å². The Bertz CT molecular complexity index is 691. The summed E-state index contributed by atoms with van der Waals surface area (Å²) in [4.78, 5) is 12.7. The largest absolute Gasteiger partial charge is 0.371 e. The van der Waals surface area contributed by atoms with Crippen molar-refractivity contribution in [1.29, 1.82) is 0 Å². The predicted octanol–water partition coefficient (Wildman–Crippen LogP) is 3.38. The Morgan fingerprint density at radius 1 is 1.32 bits per heavy atom. The number of carbonyl (C=O) groups is 1. The van der Waals surface area contributed by atoms with E-state index < -0.39 is 0 Å². The van der Waals surface area contributed by atoms with Gasteiger partial charge >= 0.3 is 0 Å². The van der Waals surface area contributed by atoms with Gasteiger partial charge in [0, 0.05) is 11.3 Å². The second-order valence-electron chi connectivity index (χ2n) is 6.95. The van der Waals surface area contributed by atoms with Crippen molar-refractivity contribution in [2.45, 2.75) is 64.7 Å². The van der Waals surface area contributed by atoms with Gasteiger partial charge < -0.3 is 10.1 Å². The first-order valence-electron chi connectivity index (χ1n) is 9.03. The molecule has 2 aromatic rings. The highest BCUT2D eigenvalue weighted by atomic mass is 16.5. The van der Waals surface area contributed by atoms with Crippen molar-refractivity contribution in [1.82, 2.24) is 15.5 Å². The number of aromatic amines is 1. The van der Waals surface area contributed by atoms with Crippen LogP contribution in [0.15, 0.2) is 30.3 Å². The van der Waals surface area contributed by atoms with E-state index in [1.807, 2.05) is 39.0 Å². The summed E-state index contributed by atoms with van der Waals surface area (Å²) in [5.41, 5.74) is 4.02. The highest BCUT2D eigenvalue weighted by Gasteiger charge is 2.31. The lowest BCUT2D eigenvalue weighted by Gasteiger charge is -2.23. The predicted molar refractivity (Wildman–Crippen MR) is 97.3 cm³/mol. The zero-order valence-corrected chi connectivity index (χ0v) is 15.2. The third-order valence-corrected chi connectivity index (χ3v) is 5.10. The molecule has 2 N–H and O–H groups in total. The number of nitrogens with one attached hydrogen (secondary N) is 2. The average Bonchev–Trinajstić information content (AvgIpc) is 3.19. The van der Waals surface area contributed by atoms with Gasteiger partial charge in [0.15, 0.2) is 0 Å². The van der Waals surface area contributed by atoms with Gasteiger partial charge in [-0.25, -0.2) is 0 Å². The number of ether oxygens (including phenoxy) is 1. The van der Waals surface area contributed by atoms with Gasteiger partial charge in [0.2, 0.25) is 5.91 Å². The van der Waals surface area contributed by atoms with E-state index >= 15 is 0 Å². The Morgan fingerprint density at radius 2 is 2.08 bits per heavy atom. The van der Waals surface area contributed by atoms with E-state index in [4.69, 9.17) is 4.74 Å². The van der Waals surface area contributed by atoms with Gasteiger partial charge in [0.05, 0.1) is 30.4 Å². The Balaban J connectivity index is 1.58. The maximum atomic E-state index is 12.7. The summed E-state index contributed by atoms with van der Waals surface area (Å²) in [6.45, 7) is 6.42. The molecule has 0 aliphatic heterocycles. The number of amides is 1. The minimum absolute atomic E-state index is 0.0489. The normalized spacial score (nSPS) is 21.2. The molecule has 0 unspecified atom stereocenters. The molecule has 0 bridgehead atoms. The summed E-state index contributed by atoms with van der Waals surface area (Å²) < 4.78 is 6.09. The van der Waals surface area contributed by atoms with Crippen molar-refractivity contribution in [2.24, 2.45) is 0 Å². The first-order chi connectivity index (χ1) is 12.1. The average molecular weight is 341 g/mol. The van der Waals surface area contributed by atoms with Crippen molar-refractivity contribution in [3.8, 4) is 0 Å². The lowest BCUT2D eigenvalue weighted by Crippen LogP contribution is -2.42. The molecule has 0 saturated heterocycles. The first-order valence-corrected chi connectivity index (χ1v) is 9.03. The number of nitrogens with zero attached hydrogens (tertiary/aromatic N) is 1. The number of benzene rings is 1. The van der Waals surface area contributed by atoms with E-state index in [1.165, 1.54) is 0 Å². The molecular formula is C20H27N3O2. The van der Waals surface area contributed by atoms with Crippen LogP contribution >= 0.6 is 0 Å². The summed E-state index contributed by atoms with van der Waals surface area (Å²) in [6, 6.07) is 10.3. The molecule has 1 amide bonds. The maximum Gasteiger partial charge on any atom is 0.227 e. The molecule has 3 rings (SSSR count). The Labute approximate surface area is 149 Å². The number of hydrogen-bond donors (Lipinski definition) is 2. The second kappa shape index (κ2) is 7.83. The molecule has 3 atom stereocenters. The smallest absolute Gasteiger partial charge is 0.227 e. The molecule has 0 radical (unpaired) electrons. The van der Waals surface area contributed by atoms with Crippen LogP contribution < -0.4 is 5.32 Å². The number of aromatic nitrogens is 2. The Hall–Kier alpha value is -2.14. The third-order valence-electron chi connectivity index (χ3n) is 5.10. The molecule has 0 spiro atoms. The van der Waals surface area contributed by atoms with E-state index in [1.54, 1.807) is 0 Å². The van der Waals surface area contributed by atoms with Crippen molar-refractivity contribution in [3.63, 3.8) is 0 Å². The van der Waals surface area contributed by atoms with Gasteiger partial charge in [0.1, 0.15) is 0 Å². The van der Waals surface area contributed by atoms with Gasteiger partial charge in [-0.15, -0.1) is 0 Å². The van der Waals surface area contributed by atoms with Gasteiger partial charge in [-0.05, 0) is 45.6 Å². The SMILES string of the molecule is Cc1n[nH]c(C)c1[C@H](C)C(=O)N[C@@H]1CCC[C@@H]1OCc1ccccc1. The van der Waals surface area contributed by atoms with E-state index in [9.17, 15) is 4.79 Å². The summed E-state index contributed by atoms with van der Waals surface area (Å²) in [5.74, 6) is -0.165. The molecule has 1 aliphatic carbocycles. The van der Waals surface area contributed by atoms with Crippen molar-refractivity contribution in [2.75, 3.05) is 0 Å². The molecule has 5 heteroatoms. The number of aryl methyl sites for hydroxylation is 2. The first kappa shape index (κ1) is 17.7. The summed E-state index contributed by atoms with van der Waals surface area (Å²) in [6.07, 6.45) is 3.14. The quantitative estimate of drug-likeness (QED) is 0.846. The molecular weight excluding hydrogens is 314 g/mol. The highest BCUT2D eigenvalue weighted by molar-refractivity contribution is 5.84. The molecule has 134 valence electrons. The Kier molecular flexibility index (Phi) is 5.53. The summed E-state index contributed by atoms with van der Waals surface area (Å²) >= 11 is 0. The van der Waals surface area contributed by atoms with Crippen LogP contribution in [0.3, 0.4) is 0 Å². The van der Waals surface area contributed by atoms with Gasteiger partial charge in [-0.3, -0.25) is 9.89 Å². The van der Waals surface area contributed by atoms with E-state index in [0.29, 0.717) is 6.61 Å². The van der Waals surface area contributed by atoms with Gasteiger partial charge in [0.25, 0.3) is 0 Å². The van der Waals surface area contributed by atoms with Crippen LogP contribution in [0.25, 0.3) is 0 Å². The van der Waals surface area contributed by atoms with Crippen LogP contribution in [0, 0.1) is 13.8 Å². The fraction of sp³-hybridized carbons (Fsp3) is 0.500. The van der Waals surface area contributed by atoms with Gasteiger partial charge in [-0.1, -0.05) is 30.3 Å². The molecule has 1 aliphatic rings. The number of hydrogen-bond acceptors (Lipinski definition) is 3. The maximum absolute atomic E-state index is 12.7. The molecule has 25 heavy (non-hydrogen) atoms. The monoisotopic (exact) mass is 341 g/mol. The van der Waals surface area contributed by atoms with Crippen molar-refractivity contribution < 1.29 is 9.53 Å². The molecule has 1 aromatic heterocycles. The molecule has 1 heterocycles. The standard InChI is InChI=1S/C20H27N3O2/c1-13(19-14(2)22-23-15(19)3)20(24)21-17-10-7-11-18(17)25-12-16-8-5-4-6-9-16/h4-6,8-9,13,17-18H,7,10-12H2,1-3H3,(H,21,24)(H,22,23)/t13-,17+,18-/m0/s1. The molecule has 1 fully saturated rings. The van der Waals surface area contributed by atoms with Crippen LogP contribution in [0.1, 0.15) is 54.6 Å². The number of H-pyrrole nitrogens is 1. The summed E-state index contributed by atoms with van der Waals surface area (Å²) in [7, 11) is 0. The van der Waals surface area contributed by atoms with Crippen LogP contribution in [0.4, 0.5) is 0 Å². The van der Waals surface area contributed by atoms with E-state index in [2.05, 4.69) is 27.6 Å². The second-order valence-corrected chi connectivity index (χ2v) is 6.95. The fourth-order valence-corrected chi connectivity index (χ4v) is 3.70. The topological polar surface area (TPSA) is 67.0 Å². The van der Waals surface area contributed by atoms with Crippen LogP contribution in [0.2, 0.25) is 0 Å². The highest BCUT2D eigenvalue weighted by Crippen LogP contribution is 2.26. The fourth-order valence-electron chi connectivity index (χ4n) is 3.70. The third kappa shape index (κ3) is 4.10. The minimum atomic E-state index is -0.214. The lowest BCUT2D eigenvalue weighted by molar-refractivity contribution is -0.124. The van der Waals surface area contributed by atoms with E-state index in [0.717, 1.165) is 41.8 Å². The zero-order valence-electron chi connectivity index (χ0n) is 15.2. The molecule has 5 nitrogen and oxygen atoms in total.